The molecule has 0 fully saturated rings. The molecule has 1 atom stereocenters. The van der Waals surface area contributed by atoms with E-state index in [1.54, 1.807) is 19.1 Å². The van der Waals surface area contributed by atoms with Crippen molar-refractivity contribution >= 4 is 17.7 Å². The molecule has 2 aromatic carbocycles. The molecule has 0 saturated carbocycles. The van der Waals surface area contributed by atoms with Crippen molar-refractivity contribution < 1.29 is 23.9 Å². The topological polar surface area (TPSA) is 69.7 Å². The Hall–Kier alpha value is -3.21. The number of ketones is 1. The summed E-state index contributed by atoms with van der Waals surface area (Å²) in [7, 11) is 0. The van der Waals surface area contributed by atoms with Crippen LogP contribution in [-0.2, 0) is 19.1 Å². The lowest BCUT2D eigenvalue weighted by molar-refractivity contribution is -0.145. The van der Waals surface area contributed by atoms with Crippen molar-refractivity contribution in [1.82, 2.24) is 0 Å². The minimum atomic E-state index is -0.788. The summed E-state index contributed by atoms with van der Waals surface area (Å²) in [5.74, 6) is -1.64. The average molecular weight is 366 g/mol. The highest BCUT2D eigenvalue weighted by Gasteiger charge is 2.19. The van der Waals surface area contributed by atoms with Gasteiger partial charge in [-0.1, -0.05) is 61.5 Å². The molecule has 0 N–H and O–H groups in total. The van der Waals surface area contributed by atoms with Gasteiger partial charge in [-0.05, 0) is 24.6 Å². The van der Waals surface area contributed by atoms with E-state index in [0.29, 0.717) is 5.75 Å². The van der Waals surface area contributed by atoms with Crippen molar-refractivity contribution in [2.24, 2.45) is 0 Å². The summed E-state index contributed by atoms with van der Waals surface area (Å²) in [4.78, 5) is 36.0. The van der Waals surface area contributed by atoms with Crippen LogP contribution in [0, 0.1) is 6.92 Å². The maximum Gasteiger partial charge on any atom is 0.334 e. The van der Waals surface area contributed by atoms with Gasteiger partial charge in [-0.2, -0.15) is 0 Å². The Morgan fingerprint density at radius 2 is 1.63 bits per heavy atom. The zero-order valence-electron chi connectivity index (χ0n) is 15.4. The van der Waals surface area contributed by atoms with Crippen molar-refractivity contribution in [2.45, 2.75) is 26.2 Å². The lowest BCUT2D eigenvalue weighted by atomic mass is 9.97. The van der Waals surface area contributed by atoms with Gasteiger partial charge in [-0.3, -0.25) is 9.59 Å². The fraction of sp³-hybridized carbons (Fsp3) is 0.227. The molecule has 0 bridgehead atoms. The summed E-state index contributed by atoms with van der Waals surface area (Å²) in [5, 5.41) is 0. The van der Waals surface area contributed by atoms with Crippen LogP contribution >= 0.6 is 0 Å². The molecule has 0 spiro atoms. The molecule has 27 heavy (non-hydrogen) atoms. The Kier molecular flexibility index (Phi) is 7.06. The second-order valence-corrected chi connectivity index (χ2v) is 6.24. The van der Waals surface area contributed by atoms with Gasteiger partial charge in [0.25, 0.3) is 0 Å². The van der Waals surface area contributed by atoms with E-state index in [4.69, 9.17) is 9.47 Å². The van der Waals surface area contributed by atoms with Gasteiger partial charge >= 0.3 is 11.9 Å². The maximum absolute atomic E-state index is 12.2. The SMILES string of the molecule is C=C(CC(=O)Oc1ccc(C)cc1)C(=O)OCC(=O)C(C)c1ccccc1. The molecule has 5 heteroatoms. The number of carbonyl (C=O) groups excluding carboxylic acids is 3. The molecule has 2 rings (SSSR count). The summed E-state index contributed by atoms with van der Waals surface area (Å²) in [6.07, 6.45) is -0.310. The normalized spacial score (nSPS) is 11.3. The van der Waals surface area contributed by atoms with Crippen LogP contribution in [0.15, 0.2) is 66.7 Å². The molecule has 0 aromatic heterocycles. The smallest absolute Gasteiger partial charge is 0.334 e. The first kappa shape index (κ1) is 20.1. The predicted molar refractivity (Wildman–Crippen MR) is 101 cm³/mol. The fourth-order valence-electron chi connectivity index (χ4n) is 2.31. The van der Waals surface area contributed by atoms with Crippen LogP contribution in [0.3, 0.4) is 0 Å². The van der Waals surface area contributed by atoms with Gasteiger partial charge in [-0.15, -0.1) is 0 Å². The highest BCUT2D eigenvalue weighted by Crippen LogP contribution is 2.16. The number of Topliss-reactive ketones (excluding diaryl/α,β-unsaturated/α-hetero) is 1. The van der Waals surface area contributed by atoms with Crippen LogP contribution in [-0.4, -0.2) is 24.3 Å². The van der Waals surface area contributed by atoms with Crippen molar-refractivity contribution in [3.05, 3.63) is 77.9 Å². The van der Waals surface area contributed by atoms with Gasteiger partial charge in [0.15, 0.2) is 12.4 Å². The minimum Gasteiger partial charge on any atom is -0.454 e. The molecule has 1 unspecified atom stereocenters. The van der Waals surface area contributed by atoms with Crippen LogP contribution in [0.2, 0.25) is 0 Å². The van der Waals surface area contributed by atoms with E-state index in [2.05, 4.69) is 6.58 Å². The Bertz CT molecular complexity index is 822. The van der Waals surface area contributed by atoms with Crippen LogP contribution in [0.25, 0.3) is 0 Å². The summed E-state index contributed by atoms with van der Waals surface area (Å²) in [6, 6.07) is 16.2. The quantitative estimate of drug-likeness (QED) is 0.404. The number of ether oxygens (including phenoxy) is 2. The number of esters is 2. The molecule has 2 aromatic rings. The van der Waals surface area contributed by atoms with Gasteiger partial charge in [0.2, 0.25) is 0 Å². The first-order valence-corrected chi connectivity index (χ1v) is 8.56. The van der Waals surface area contributed by atoms with Gasteiger partial charge < -0.3 is 9.47 Å². The monoisotopic (exact) mass is 366 g/mol. The Labute approximate surface area is 158 Å². The largest absolute Gasteiger partial charge is 0.454 e. The van der Waals surface area contributed by atoms with Crippen molar-refractivity contribution in [3.8, 4) is 5.75 Å². The Morgan fingerprint density at radius 1 is 1.00 bits per heavy atom. The number of carbonyl (C=O) groups is 3. The summed E-state index contributed by atoms with van der Waals surface area (Å²) in [6.45, 7) is 6.84. The summed E-state index contributed by atoms with van der Waals surface area (Å²) in [5.41, 5.74) is 1.82. The molecule has 0 aliphatic heterocycles. The van der Waals surface area contributed by atoms with Gasteiger partial charge in [-0.25, -0.2) is 4.79 Å². The predicted octanol–water partition coefficient (Wildman–Crippen LogP) is 3.76. The van der Waals surface area contributed by atoms with Gasteiger partial charge in [0, 0.05) is 11.5 Å². The number of aryl methyl sites for hydroxylation is 1. The van der Waals surface area contributed by atoms with Crippen LogP contribution < -0.4 is 4.74 Å². The Morgan fingerprint density at radius 3 is 2.26 bits per heavy atom. The minimum absolute atomic E-state index is 0.0627. The average Bonchev–Trinajstić information content (AvgIpc) is 2.67. The first-order chi connectivity index (χ1) is 12.9. The third-order valence-electron chi connectivity index (χ3n) is 4.03. The fourth-order valence-corrected chi connectivity index (χ4v) is 2.31. The molecule has 5 nitrogen and oxygen atoms in total. The van der Waals surface area contributed by atoms with E-state index in [-0.39, 0.29) is 24.4 Å². The summed E-state index contributed by atoms with van der Waals surface area (Å²) < 4.78 is 10.1. The molecular weight excluding hydrogens is 344 g/mol. The van der Waals surface area contributed by atoms with E-state index in [1.807, 2.05) is 49.4 Å². The Balaban J connectivity index is 1.79. The second kappa shape index (κ2) is 9.48. The number of rotatable bonds is 8. The third kappa shape index (κ3) is 6.22. The van der Waals surface area contributed by atoms with Crippen LogP contribution in [0.1, 0.15) is 30.4 Å². The molecule has 0 aliphatic carbocycles. The lowest BCUT2D eigenvalue weighted by Gasteiger charge is -2.12. The van der Waals surface area contributed by atoms with Crippen LogP contribution in [0.4, 0.5) is 0 Å². The molecule has 140 valence electrons. The second-order valence-electron chi connectivity index (χ2n) is 6.24. The molecule has 0 radical (unpaired) electrons. The number of hydrogen-bond acceptors (Lipinski definition) is 5. The maximum atomic E-state index is 12.2. The molecule has 0 saturated heterocycles. The zero-order valence-corrected chi connectivity index (χ0v) is 15.4. The van der Waals surface area contributed by atoms with Crippen molar-refractivity contribution in [3.63, 3.8) is 0 Å². The van der Waals surface area contributed by atoms with Crippen molar-refractivity contribution in [1.29, 1.82) is 0 Å². The number of benzene rings is 2. The highest BCUT2D eigenvalue weighted by atomic mass is 16.5. The molecule has 0 heterocycles. The van der Waals surface area contributed by atoms with Crippen LogP contribution in [0.5, 0.6) is 5.75 Å². The molecular formula is C22H22O5. The molecule has 0 aliphatic rings. The first-order valence-electron chi connectivity index (χ1n) is 8.56. The van der Waals surface area contributed by atoms with Crippen molar-refractivity contribution in [2.75, 3.05) is 6.61 Å². The van der Waals surface area contributed by atoms with E-state index in [1.165, 1.54) is 0 Å². The van der Waals surface area contributed by atoms with E-state index in [0.717, 1.165) is 11.1 Å². The molecule has 0 amide bonds. The lowest BCUT2D eigenvalue weighted by Crippen LogP contribution is -2.21. The summed E-state index contributed by atoms with van der Waals surface area (Å²) >= 11 is 0. The van der Waals surface area contributed by atoms with Gasteiger partial charge in [0.1, 0.15) is 5.75 Å². The van der Waals surface area contributed by atoms with E-state index in [9.17, 15) is 14.4 Å². The third-order valence-corrected chi connectivity index (χ3v) is 4.03. The van der Waals surface area contributed by atoms with E-state index >= 15 is 0 Å². The standard InChI is InChI=1S/C22H22O5/c1-15-9-11-19(12-10-15)27-21(24)13-16(2)22(25)26-14-20(23)17(3)18-7-5-4-6-8-18/h4-12,17H,2,13-14H2,1,3H3. The zero-order chi connectivity index (χ0) is 19.8. The van der Waals surface area contributed by atoms with E-state index < -0.39 is 17.9 Å². The van der Waals surface area contributed by atoms with Gasteiger partial charge in [0.05, 0.1) is 6.42 Å². The number of hydrogen-bond donors (Lipinski definition) is 0. The highest BCUT2D eigenvalue weighted by molar-refractivity contribution is 5.95.